The first kappa shape index (κ1) is 27.2. The highest BCUT2D eigenvalue weighted by atomic mass is 16.5. The Kier molecular flexibility index (Phi) is 10.3. The first-order valence-electron chi connectivity index (χ1n) is 12.0. The second-order valence-corrected chi connectivity index (χ2v) is 8.36. The molecular formula is C24H32N4O8. The van der Waals surface area contributed by atoms with Gasteiger partial charge in [0.15, 0.2) is 0 Å². The first-order valence-corrected chi connectivity index (χ1v) is 12.0. The van der Waals surface area contributed by atoms with Gasteiger partial charge in [-0.05, 0) is 31.4 Å². The maximum Gasteiger partial charge on any atom is 0.264 e. The van der Waals surface area contributed by atoms with Crippen molar-refractivity contribution in [3.8, 4) is 0 Å². The lowest BCUT2D eigenvalue weighted by atomic mass is 10.1. The molecule has 2 aliphatic heterocycles. The SMILES string of the molecule is NC(=O)CCCOCCOCCOCCNc1cccc2c1C(=O)N([C@H]1CCCC(=O)NC1=O)C2=O. The van der Waals surface area contributed by atoms with Crippen molar-refractivity contribution in [3.63, 3.8) is 0 Å². The van der Waals surface area contributed by atoms with Gasteiger partial charge in [-0.2, -0.15) is 0 Å². The lowest BCUT2D eigenvalue weighted by molar-refractivity contribution is -0.131. The zero-order chi connectivity index (χ0) is 25.9. The molecule has 0 unspecified atom stereocenters. The molecule has 1 aromatic rings. The summed E-state index contributed by atoms with van der Waals surface area (Å²) in [4.78, 5) is 61.7. The maximum atomic E-state index is 13.1. The number of nitrogens with one attached hydrogen (secondary N) is 2. The Hall–Kier alpha value is -3.35. The molecule has 12 nitrogen and oxygen atoms in total. The highest BCUT2D eigenvalue weighted by Crippen LogP contribution is 2.32. The van der Waals surface area contributed by atoms with Crippen molar-refractivity contribution in [1.29, 1.82) is 0 Å². The summed E-state index contributed by atoms with van der Waals surface area (Å²) in [6.07, 6.45) is 1.71. The molecule has 0 aliphatic carbocycles. The second-order valence-electron chi connectivity index (χ2n) is 8.36. The van der Waals surface area contributed by atoms with Gasteiger partial charge >= 0.3 is 0 Å². The largest absolute Gasteiger partial charge is 0.382 e. The van der Waals surface area contributed by atoms with Crippen LogP contribution in [-0.4, -0.2) is 86.7 Å². The van der Waals surface area contributed by atoms with Gasteiger partial charge in [-0.1, -0.05) is 6.07 Å². The molecule has 1 atom stereocenters. The summed E-state index contributed by atoms with van der Waals surface area (Å²) >= 11 is 0. The van der Waals surface area contributed by atoms with Crippen molar-refractivity contribution >= 4 is 35.2 Å². The molecule has 1 saturated heterocycles. The van der Waals surface area contributed by atoms with Crippen LogP contribution in [0.4, 0.5) is 5.69 Å². The number of anilines is 1. The van der Waals surface area contributed by atoms with Crippen LogP contribution < -0.4 is 16.4 Å². The molecule has 12 heteroatoms. The van der Waals surface area contributed by atoms with Crippen LogP contribution in [0.25, 0.3) is 0 Å². The number of carbonyl (C=O) groups is 5. The zero-order valence-corrected chi connectivity index (χ0v) is 20.1. The van der Waals surface area contributed by atoms with Crippen molar-refractivity contribution < 1.29 is 38.2 Å². The summed E-state index contributed by atoms with van der Waals surface area (Å²) in [5.74, 6) is -2.48. The molecule has 2 aliphatic rings. The molecule has 0 bridgehead atoms. The number of primary amides is 1. The van der Waals surface area contributed by atoms with Crippen molar-refractivity contribution in [2.45, 2.75) is 38.1 Å². The van der Waals surface area contributed by atoms with Gasteiger partial charge in [0.05, 0.1) is 44.2 Å². The van der Waals surface area contributed by atoms with Crippen LogP contribution in [0.15, 0.2) is 18.2 Å². The Balaban J connectivity index is 1.39. The minimum absolute atomic E-state index is 0.176. The number of hydrogen-bond donors (Lipinski definition) is 3. The molecule has 0 saturated carbocycles. The molecule has 36 heavy (non-hydrogen) atoms. The van der Waals surface area contributed by atoms with Crippen LogP contribution >= 0.6 is 0 Å². The lowest BCUT2D eigenvalue weighted by Gasteiger charge is -2.23. The van der Waals surface area contributed by atoms with Gasteiger partial charge in [0, 0.05) is 31.7 Å². The summed E-state index contributed by atoms with van der Waals surface area (Å²) in [6.45, 7) is 2.78. The molecule has 1 fully saturated rings. The van der Waals surface area contributed by atoms with E-state index in [0.717, 1.165) is 4.90 Å². The predicted molar refractivity (Wildman–Crippen MR) is 127 cm³/mol. The molecular weight excluding hydrogens is 472 g/mol. The Morgan fingerprint density at radius 3 is 2.42 bits per heavy atom. The number of carbonyl (C=O) groups excluding carboxylic acids is 5. The number of rotatable bonds is 15. The Morgan fingerprint density at radius 1 is 1.00 bits per heavy atom. The van der Waals surface area contributed by atoms with E-state index in [1.807, 2.05) is 0 Å². The number of nitrogens with two attached hydrogens (primary N) is 1. The van der Waals surface area contributed by atoms with E-state index in [1.165, 1.54) is 0 Å². The lowest BCUT2D eigenvalue weighted by Crippen LogP contribution is -2.49. The Morgan fingerprint density at radius 2 is 1.69 bits per heavy atom. The van der Waals surface area contributed by atoms with E-state index in [9.17, 15) is 24.0 Å². The van der Waals surface area contributed by atoms with E-state index in [4.69, 9.17) is 19.9 Å². The van der Waals surface area contributed by atoms with Gasteiger partial charge in [0.2, 0.25) is 17.7 Å². The van der Waals surface area contributed by atoms with Crippen LogP contribution in [0.1, 0.15) is 52.8 Å². The van der Waals surface area contributed by atoms with Crippen LogP contribution in [0.3, 0.4) is 0 Å². The number of benzene rings is 1. The van der Waals surface area contributed by atoms with Gasteiger partial charge in [-0.25, -0.2) is 0 Å². The third-order valence-corrected chi connectivity index (χ3v) is 5.72. The molecule has 0 radical (unpaired) electrons. The van der Waals surface area contributed by atoms with E-state index in [-0.39, 0.29) is 29.9 Å². The molecule has 196 valence electrons. The summed E-state index contributed by atoms with van der Waals surface area (Å²) in [7, 11) is 0. The molecule has 5 amide bonds. The minimum Gasteiger partial charge on any atom is -0.382 e. The van der Waals surface area contributed by atoms with E-state index in [1.54, 1.807) is 18.2 Å². The molecule has 4 N–H and O–H groups in total. The van der Waals surface area contributed by atoms with E-state index in [2.05, 4.69) is 10.6 Å². The van der Waals surface area contributed by atoms with Crippen molar-refractivity contribution in [1.82, 2.24) is 10.2 Å². The van der Waals surface area contributed by atoms with Crippen molar-refractivity contribution in [2.75, 3.05) is 51.5 Å². The normalized spacial score (nSPS) is 17.7. The summed E-state index contributed by atoms with van der Waals surface area (Å²) in [5.41, 5.74) is 5.96. The average Bonchev–Trinajstić information content (AvgIpc) is 2.97. The fraction of sp³-hybridized carbons (Fsp3) is 0.542. The quantitative estimate of drug-likeness (QED) is 0.223. The molecule has 3 rings (SSSR count). The molecule has 2 heterocycles. The molecule has 0 aromatic heterocycles. The number of imide groups is 2. The Bertz CT molecular complexity index is 983. The first-order chi connectivity index (χ1) is 17.4. The van der Waals surface area contributed by atoms with Crippen molar-refractivity contribution in [3.05, 3.63) is 29.3 Å². The average molecular weight is 505 g/mol. The van der Waals surface area contributed by atoms with Crippen LogP contribution in [0, 0.1) is 0 Å². The third-order valence-electron chi connectivity index (χ3n) is 5.72. The Labute approximate surface area is 208 Å². The van der Waals surface area contributed by atoms with Crippen molar-refractivity contribution in [2.24, 2.45) is 5.73 Å². The van der Waals surface area contributed by atoms with Gasteiger partial charge < -0.3 is 25.3 Å². The highest BCUT2D eigenvalue weighted by Gasteiger charge is 2.44. The fourth-order valence-electron chi connectivity index (χ4n) is 4.00. The van der Waals surface area contributed by atoms with Gasteiger partial charge in [-0.3, -0.25) is 34.2 Å². The zero-order valence-electron chi connectivity index (χ0n) is 20.1. The smallest absolute Gasteiger partial charge is 0.264 e. The second kappa shape index (κ2) is 13.7. The maximum absolute atomic E-state index is 13.1. The topological polar surface area (TPSA) is 166 Å². The van der Waals surface area contributed by atoms with E-state index in [0.29, 0.717) is 71.1 Å². The number of amides is 5. The van der Waals surface area contributed by atoms with Crippen LogP contribution in [0.2, 0.25) is 0 Å². The summed E-state index contributed by atoms with van der Waals surface area (Å²) < 4.78 is 16.2. The molecule has 0 spiro atoms. The highest BCUT2D eigenvalue weighted by molar-refractivity contribution is 6.25. The van der Waals surface area contributed by atoms with Gasteiger partial charge in [-0.15, -0.1) is 0 Å². The van der Waals surface area contributed by atoms with Crippen LogP contribution in [0.5, 0.6) is 0 Å². The van der Waals surface area contributed by atoms with Crippen LogP contribution in [-0.2, 0) is 28.6 Å². The van der Waals surface area contributed by atoms with Gasteiger partial charge in [0.25, 0.3) is 11.8 Å². The summed E-state index contributed by atoms with van der Waals surface area (Å²) in [6, 6.07) is 3.89. The monoisotopic (exact) mass is 504 g/mol. The van der Waals surface area contributed by atoms with Gasteiger partial charge in [0.1, 0.15) is 6.04 Å². The van der Waals surface area contributed by atoms with E-state index >= 15 is 0 Å². The number of hydrogen-bond acceptors (Lipinski definition) is 9. The minimum atomic E-state index is -1.01. The fourth-order valence-corrected chi connectivity index (χ4v) is 4.00. The number of fused-ring (bicyclic) bond motifs is 1. The molecule has 1 aromatic carbocycles. The predicted octanol–water partition coefficient (Wildman–Crippen LogP) is 0.205. The number of ether oxygens (including phenoxy) is 3. The summed E-state index contributed by atoms with van der Waals surface area (Å²) in [5, 5.41) is 5.36. The number of nitrogens with zero attached hydrogens (tertiary/aromatic N) is 1. The standard InChI is InChI=1S/C24H32N4O8/c25-19(29)7-3-10-34-12-14-36-15-13-35-11-9-26-17-5-1-4-16-21(17)24(33)28(23(16)32)18-6-2-8-20(30)27-22(18)31/h1,4-5,18,26H,2-3,6-15H2,(H2,25,29)(H,27,30,31)/t18-/m0/s1. The van der Waals surface area contributed by atoms with E-state index < -0.39 is 29.7 Å². The third kappa shape index (κ3) is 7.33.